The lowest BCUT2D eigenvalue weighted by atomic mass is 10.0. The first-order chi connectivity index (χ1) is 13.8. The molecule has 2 rings (SSSR count). The molecule has 9 heteroatoms. The van der Waals surface area contributed by atoms with Crippen molar-refractivity contribution in [1.82, 2.24) is 15.5 Å². The Balaban J connectivity index is 0.00000450. The van der Waals surface area contributed by atoms with E-state index in [4.69, 9.17) is 0 Å². The van der Waals surface area contributed by atoms with Gasteiger partial charge in [0.1, 0.15) is 0 Å². The summed E-state index contributed by atoms with van der Waals surface area (Å²) in [5.41, 5.74) is 1.45. The maximum absolute atomic E-state index is 11.6. The summed E-state index contributed by atoms with van der Waals surface area (Å²) in [4.78, 5) is 6.95. The molecule has 1 fully saturated rings. The molecule has 1 aliphatic rings. The number of rotatable bonds is 8. The summed E-state index contributed by atoms with van der Waals surface area (Å²) in [6.45, 7) is 8.21. The van der Waals surface area contributed by atoms with Crippen LogP contribution in [0.15, 0.2) is 29.3 Å². The molecule has 1 aliphatic heterocycles. The van der Waals surface area contributed by atoms with Crippen molar-refractivity contribution in [1.29, 1.82) is 0 Å². The fourth-order valence-electron chi connectivity index (χ4n) is 3.79. The third kappa shape index (κ3) is 9.38. The second-order valence-corrected chi connectivity index (χ2v) is 9.85. The summed E-state index contributed by atoms with van der Waals surface area (Å²) < 4.78 is 25.8. The van der Waals surface area contributed by atoms with Gasteiger partial charge < -0.3 is 10.6 Å². The minimum Gasteiger partial charge on any atom is -0.355 e. The van der Waals surface area contributed by atoms with Crippen molar-refractivity contribution in [2.75, 3.05) is 37.7 Å². The zero-order valence-corrected chi connectivity index (χ0v) is 21.8. The van der Waals surface area contributed by atoms with E-state index in [9.17, 15) is 8.42 Å². The van der Waals surface area contributed by atoms with Gasteiger partial charge in [0.2, 0.25) is 10.0 Å². The molecule has 0 saturated carbocycles. The zero-order valence-electron chi connectivity index (χ0n) is 18.6. The third-order valence-electron chi connectivity index (χ3n) is 5.34. The third-order valence-corrected chi connectivity index (χ3v) is 5.93. The topological polar surface area (TPSA) is 85.8 Å². The first-order valence-electron chi connectivity index (χ1n) is 10.5. The number of hydrogen-bond acceptors (Lipinski definition) is 4. The Hall–Kier alpha value is -1.07. The summed E-state index contributed by atoms with van der Waals surface area (Å²) in [6.07, 6.45) is 6.38. The van der Waals surface area contributed by atoms with Crippen molar-refractivity contribution in [3.05, 3.63) is 29.8 Å². The van der Waals surface area contributed by atoms with E-state index >= 15 is 0 Å². The molecule has 0 amide bonds. The minimum atomic E-state index is -3.32. The molecule has 1 aromatic rings. The van der Waals surface area contributed by atoms with E-state index in [0.29, 0.717) is 24.2 Å². The molecule has 0 bridgehead atoms. The number of hydrogen-bond donors (Lipinski definition) is 3. The van der Waals surface area contributed by atoms with Crippen molar-refractivity contribution >= 4 is 45.6 Å². The molecule has 1 saturated heterocycles. The van der Waals surface area contributed by atoms with Gasteiger partial charge in [-0.2, -0.15) is 0 Å². The molecule has 0 radical (unpaired) electrons. The molecular formula is C21H38IN5O2S. The van der Waals surface area contributed by atoms with Crippen LogP contribution in [-0.4, -0.2) is 58.3 Å². The number of para-hydroxylation sites is 1. The van der Waals surface area contributed by atoms with Gasteiger partial charge in [0.15, 0.2) is 5.96 Å². The summed E-state index contributed by atoms with van der Waals surface area (Å²) >= 11 is 0. The minimum absolute atomic E-state index is 0. The number of nitrogens with one attached hydrogen (secondary N) is 3. The highest BCUT2D eigenvalue weighted by molar-refractivity contribution is 14.0. The van der Waals surface area contributed by atoms with Gasteiger partial charge in [-0.25, -0.2) is 8.42 Å². The predicted molar refractivity (Wildman–Crippen MR) is 137 cm³/mol. The van der Waals surface area contributed by atoms with Crippen LogP contribution in [0.5, 0.6) is 0 Å². The summed E-state index contributed by atoms with van der Waals surface area (Å²) in [5, 5.41) is 6.77. The molecule has 1 heterocycles. The number of sulfonamides is 1. The van der Waals surface area contributed by atoms with E-state index in [1.54, 1.807) is 13.1 Å². The van der Waals surface area contributed by atoms with E-state index in [1.807, 2.05) is 18.2 Å². The van der Waals surface area contributed by atoms with Gasteiger partial charge in [-0.3, -0.25) is 14.6 Å². The Bertz CT molecular complexity index is 762. The van der Waals surface area contributed by atoms with Crippen LogP contribution in [0.4, 0.5) is 5.69 Å². The standard InChI is InChI=1S/C21H37N5O2S.HI/c1-17(2)20(26-13-9-5-6-10-14-26)16-24-21(22-3)23-15-18-11-7-8-12-19(18)25-29(4,27)28;/h7-8,11-12,17,20,25H,5-6,9-10,13-16H2,1-4H3,(H2,22,23,24);1H. The van der Waals surface area contributed by atoms with Crippen LogP contribution in [0.3, 0.4) is 0 Å². The average molecular weight is 552 g/mol. The van der Waals surface area contributed by atoms with Crippen molar-refractivity contribution in [3.63, 3.8) is 0 Å². The molecule has 0 spiro atoms. The van der Waals surface area contributed by atoms with Crippen molar-refractivity contribution in [2.45, 2.75) is 52.1 Å². The highest BCUT2D eigenvalue weighted by atomic mass is 127. The SMILES string of the molecule is CN=C(NCc1ccccc1NS(C)(=O)=O)NCC(C(C)C)N1CCCCCC1.I. The highest BCUT2D eigenvalue weighted by Gasteiger charge is 2.23. The monoisotopic (exact) mass is 551 g/mol. The Kier molecular flexibility index (Phi) is 12.0. The van der Waals surface area contributed by atoms with Gasteiger partial charge in [0.05, 0.1) is 11.9 Å². The molecule has 30 heavy (non-hydrogen) atoms. The maximum Gasteiger partial charge on any atom is 0.229 e. The van der Waals surface area contributed by atoms with E-state index in [2.05, 4.69) is 39.1 Å². The fraction of sp³-hybridized carbons (Fsp3) is 0.667. The van der Waals surface area contributed by atoms with Gasteiger partial charge in [0, 0.05) is 26.2 Å². The summed E-state index contributed by atoms with van der Waals surface area (Å²) in [7, 11) is -1.56. The molecule has 7 nitrogen and oxygen atoms in total. The van der Waals surface area contributed by atoms with Crippen molar-refractivity contribution in [2.24, 2.45) is 10.9 Å². The lowest BCUT2D eigenvalue weighted by Gasteiger charge is -2.34. The van der Waals surface area contributed by atoms with Crippen LogP contribution in [0.25, 0.3) is 0 Å². The number of likely N-dealkylation sites (tertiary alicyclic amines) is 1. The van der Waals surface area contributed by atoms with Gasteiger partial charge in [-0.05, 0) is 43.5 Å². The molecule has 0 aliphatic carbocycles. The summed E-state index contributed by atoms with van der Waals surface area (Å²) in [6, 6.07) is 7.85. The molecule has 172 valence electrons. The number of benzene rings is 1. The van der Waals surface area contributed by atoms with Crippen LogP contribution in [-0.2, 0) is 16.6 Å². The molecule has 1 aromatic carbocycles. The lowest BCUT2D eigenvalue weighted by molar-refractivity contribution is 0.161. The van der Waals surface area contributed by atoms with Gasteiger partial charge in [-0.1, -0.05) is 44.9 Å². The second-order valence-electron chi connectivity index (χ2n) is 8.10. The maximum atomic E-state index is 11.6. The summed E-state index contributed by atoms with van der Waals surface area (Å²) in [5.74, 6) is 1.28. The molecule has 1 atom stereocenters. The van der Waals surface area contributed by atoms with Crippen molar-refractivity contribution in [3.8, 4) is 0 Å². The van der Waals surface area contributed by atoms with E-state index < -0.39 is 10.0 Å². The van der Waals surface area contributed by atoms with E-state index in [1.165, 1.54) is 38.8 Å². The number of nitrogens with zero attached hydrogens (tertiary/aromatic N) is 2. The second kappa shape index (κ2) is 13.4. The largest absolute Gasteiger partial charge is 0.355 e. The van der Waals surface area contributed by atoms with E-state index in [0.717, 1.165) is 24.3 Å². The fourth-order valence-corrected chi connectivity index (χ4v) is 4.39. The highest BCUT2D eigenvalue weighted by Crippen LogP contribution is 2.18. The smallest absolute Gasteiger partial charge is 0.229 e. The quantitative estimate of drug-likeness (QED) is 0.263. The molecule has 1 unspecified atom stereocenters. The van der Waals surface area contributed by atoms with Crippen LogP contribution in [0, 0.1) is 5.92 Å². The first-order valence-corrected chi connectivity index (χ1v) is 12.4. The average Bonchev–Trinajstić information content (AvgIpc) is 2.93. The van der Waals surface area contributed by atoms with Crippen LogP contribution < -0.4 is 15.4 Å². The lowest BCUT2D eigenvalue weighted by Crippen LogP contribution is -2.49. The zero-order chi connectivity index (χ0) is 21.3. The van der Waals surface area contributed by atoms with E-state index in [-0.39, 0.29) is 24.0 Å². The molecule has 3 N–H and O–H groups in total. The Morgan fingerprint density at radius 1 is 1.10 bits per heavy atom. The normalized spacial score (nSPS) is 17.0. The Morgan fingerprint density at radius 2 is 1.73 bits per heavy atom. The van der Waals surface area contributed by atoms with Crippen LogP contribution in [0.2, 0.25) is 0 Å². The molecular weight excluding hydrogens is 513 g/mol. The number of anilines is 1. The Morgan fingerprint density at radius 3 is 2.30 bits per heavy atom. The number of halogens is 1. The number of guanidine groups is 1. The first kappa shape index (κ1) is 27.0. The van der Waals surface area contributed by atoms with Crippen LogP contribution >= 0.6 is 24.0 Å². The Labute approximate surface area is 199 Å². The van der Waals surface area contributed by atoms with Crippen LogP contribution in [0.1, 0.15) is 45.1 Å². The molecule has 0 aromatic heterocycles. The van der Waals surface area contributed by atoms with Crippen molar-refractivity contribution < 1.29 is 8.42 Å². The van der Waals surface area contributed by atoms with Gasteiger partial charge >= 0.3 is 0 Å². The van der Waals surface area contributed by atoms with Gasteiger partial charge in [0.25, 0.3) is 0 Å². The number of aliphatic imine (C=N–C) groups is 1. The van der Waals surface area contributed by atoms with Gasteiger partial charge in [-0.15, -0.1) is 24.0 Å². The predicted octanol–water partition coefficient (Wildman–Crippen LogP) is 3.24.